The van der Waals surface area contributed by atoms with E-state index in [0.717, 1.165) is 17.0 Å². The van der Waals surface area contributed by atoms with Gasteiger partial charge in [-0.2, -0.15) is 0 Å². The Hall–Kier alpha value is -1.22. The molecule has 0 aromatic heterocycles. The lowest BCUT2D eigenvalue weighted by molar-refractivity contribution is 0.311. The summed E-state index contributed by atoms with van der Waals surface area (Å²) in [6, 6.07) is 5.88. The number of methoxy groups -OCH3 is 1. The zero-order valence-electron chi connectivity index (χ0n) is 8.00. The minimum atomic E-state index is 0.135. The van der Waals surface area contributed by atoms with Crippen molar-refractivity contribution in [1.29, 1.82) is 0 Å². The average Bonchev–Trinajstić information content (AvgIpc) is 2.14. The summed E-state index contributed by atoms with van der Waals surface area (Å²) < 4.78 is 5.11. The molecule has 1 rings (SSSR count). The molecule has 0 bridgehead atoms. The van der Waals surface area contributed by atoms with Gasteiger partial charge in [0, 0.05) is 18.3 Å². The van der Waals surface area contributed by atoms with Gasteiger partial charge in [0.2, 0.25) is 0 Å². The Morgan fingerprint density at radius 1 is 1.38 bits per heavy atom. The van der Waals surface area contributed by atoms with Crippen LogP contribution in [0.4, 0.5) is 5.69 Å². The number of ether oxygens (including phenoxy) is 1. The zero-order chi connectivity index (χ0) is 9.68. The summed E-state index contributed by atoms with van der Waals surface area (Å²) in [7, 11) is 1.64. The molecule has 0 fully saturated rings. The Balaban J connectivity index is 2.76. The first kappa shape index (κ1) is 9.86. The number of nitrogens with one attached hydrogen (secondary N) is 1. The van der Waals surface area contributed by atoms with E-state index >= 15 is 0 Å². The number of aryl methyl sites for hydroxylation is 1. The van der Waals surface area contributed by atoms with Crippen LogP contribution in [0.15, 0.2) is 18.2 Å². The lowest BCUT2D eigenvalue weighted by Crippen LogP contribution is -2.05. The zero-order valence-corrected chi connectivity index (χ0v) is 8.00. The first-order valence-corrected chi connectivity index (χ1v) is 4.26. The smallest absolute Gasteiger partial charge is 0.121 e. The second-order valence-corrected chi connectivity index (χ2v) is 2.89. The number of rotatable bonds is 4. The molecule has 3 heteroatoms. The van der Waals surface area contributed by atoms with Crippen molar-refractivity contribution in [2.45, 2.75) is 6.92 Å². The van der Waals surface area contributed by atoms with Crippen LogP contribution in [-0.2, 0) is 0 Å². The highest BCUT2D eigenvalue weighted by Crippen LogP contribution is 2.19. The van der Waals surface area contributed by atoms with E-state index in [-0.39, 0.29) is 6.61 Å². The van der Waals surface area contributed by atoms with Gasteiger partial charge in [0.15, 0.2) is 0 Å². The molecule has 3 nitrogen and oxygen atoms in total. The fraction of sp³-hybridized carbons (Fsp3) is 0.400. The molecule has 0 atom stereocenters. The SMILES string of the molecule is COc1cc(C)cc(NCCO)c1. The van der Waals surface area contributed by atoms with Crippen LogP contribution in [0.25, 0.3) is 0 Å². The molecule has 0 saturated carbocycles. The van der Waals surface area contributed by atoms with Gasteiger partial charge in [-0.25, -0.2) is 0 Å². The van der Waals surface area contributed by atoms with Crippen LogP contribution in [0.1, 0.15) is 5.56 Å². The molecule has 0 saturated heterocycles. The van der Waals surface area contributed by atoms with Crippen LogP contribution in [0, 0.1) is 6.92 Å². The number of hydrogen-bond donors (Lipinski definition) is 2. The first-order chi connectivity index (χ1) is 6.26. The van der Waals surface area contributed by atoms with Gasteiger partial charge in [-0.05, 0) is 24.6 Å². The summed E-state index contributed by atoms with van der Waals surface area (Å²) in [4.78, 5) is 0. The number of benzene rings is 1. The van der Waals surface area contributed by atoms with Crippen molar-refractivity contribution in [2.24, 2.45) is 0 Å². The van der Waals surface area contributed by atoms with Crippen LogP contribution < -0.4 is 10.1 Å². The van der Waals surface area contributed by atoms with Crippen LogP contribution in [-0.4, -0.2) is 25.4 Å². The van der Waals surface area contributed by atoms with Gasteiger partial charge >= 0.3 is 0 Å². The molecule has 0 aliphatic rings. The Morgan fingerprint density at radius 2 is 2.15 bits per heavy atom. The van der Waals surface area contributed by atoms with Crippen molar-refractivity contribution in [1.82, 2.24) is 0 Å². The van der Waals surface area contributed by atoms with Gasteiger partial charge in [0.25, 0.3) is 0 Å². The maximum atomic E-state index is 8.63. The van der Waals surface area contributed by atoms with E-state index in [1.807, 2.05) is 25.1 Å². The number of anilines is 1. The lowest BCUT2D eigenvalue weighted by atomic mass is 10.2. The summed E-state index contributed by atoms with van der Waals surface area (Å²) in [5.74, 6) is 0.834. The topological polar surface area (TPSA) is 41.5 Å². The number of aliphatic hydroxyl groups excluding tert-OH is 1. The largest absolute Gasteiger partial charge is 0.497 e. The third-order valence-electron chi connectivity index (χ3n) is 1.73. The standard InChI is InChI=1S/C10H15NO2/c1-8-5-9(11-3-4-12)7-10(6-8)13-2/h5-7,11-12H,3-4H2,1-2H3. The minimum Gasteiger partial charge on any atom is -0.497 e. The van der Waals surface area contributed by atoms with E-state index in [0.29, 0.717) is 6.54 Å². The van der Waals surface area contributed by atoms with Crippen LogP contribution in [0.5, 0.6) is 5.75 Å². The van der Waals surface area contributed by atoms with Crippen molar-refractivity contribution < 1.29 is 9.84 Å². The van der Waals surface area contributed by atoms with E-state index in [1.165, 1.54) is 0 Å². The fourth-order valence-electron chi connectivity index (χ4n) is 1.17. The van der Waals surface area contributed by atoms with E-state index in [9.17, 15) is 0 Å². The van der Waals surface area contributed by atoms with Crippen LogP contribution >= 0.6 is 0 Å². The van der Waals surface area contributed by atoms with E-state index in [4.69, 9.17) is 9.84 Å². The third-order valence-corrected chi connectivity index (χ3v) is 1.73. The van der Waals surface area contributed by atoms with Gasteiger partial charge in [-0.15, -0.1) is 0 Å². The number of aliphatic hydroxyl groups is 1. The fourth-order valence-corrected chi connectivity index (χ4v) is 1.17. The molecular formula is C10H15NO2. The van der Waals surface area contributed by atoms with Crippen molar-refractivity contribution in [3.63, 3.8) is 0 Å². The first-order valence-electron chi connectivity index (χ1n) is 4.26. The molecule has 0 heterocycles. The van der Waals surface area contributed by atoms with Crippen molar-refractivity contribution in [3.05, 3.63) is 23.8 Å². The van der Waals surface area contributed by atoms with E-state index < -0.39 is 0 Å². The molecule has 0 aliphatic carbocycles. The molecule has 0 aliphatic heterocycles. The predicted octanol–water partition coefficient (Wildman–Crippen LogP) is 1.41. The van der Waals surface area contributed by atoms with E-state index in [2.05, 4.69) is 5.32 Å². The maximum Gasteiger partial charge on any atom is 0.121 e. The Bertz CT molecular complexity index is 274. The average molecular weight is 181 g/mol. The summed E-state index contributed by atoms with van der Waals surface area (Å²) in [5, 5.41) is 11.7. The molecule has 13 heavy (non-hydrogen) atoms. The lowest BCUT2D eigenvalue weighted by Gasteiger charge is -2.08. The summed E-state index contributed by atoms with van der Waals surface area (Å²) in [5.41, 5.74) is 2.12. The normalized spacial score (nSPS) is 9.77. The second kappa shape index (κ2) is 4.72. The number of hydrogen-bond acceptors (Lipinski definition) is 3. The highest BCUT2D eigenvalue weighted by atomic mass is 16.5. The summed E-state index contributed by atoms with van der Waals surface area (Å²) in [6.45, 7) is 2.70. The van der Waals surface area contributed by atoms with Crippen molar-refractivity contribution >= 4 is 5.69 Å². The maximum absolute atomic E-state index is 8.63. The molecule has 1 aromatic carbocycles. The second-order valence-electron chi connectivity index (χ2n) is 2.89. The minimum absolute atomic E-state index is 0.135. The molecule has 1 aromatic rings. The van der Waals surface area contributed by atoms with Gasteiger partial charge < -0.3 is 15.2 Å². The van der Waals surface area contributed by atoms with Crippen LogP contribution in [0.3, 0.4) is 0 Å². The molecule has 72 valence electrons. The highest BCUT2D eigenvalue weighted by molar-refractivity contribution is 5.50. The molecule has 2 N–H and O–H groups in total. The van der Waals surface area contributed by atoms with Gasteiger partial charge in [0.1, 0.15) is 5.75 Å². The predicted molar refractivity (Wildman–Crippen MR) is 53.3 cm³/mol. The molecule has 0 unspecified atom stereocenters. The Labute approximate surface area is 78.3 Å². The van der Waals surface area contributed by atoms with Gasteiger partial charge in [-0.3, -0.25) is 0 Å². The quantitative estimate of drug-likeness (QED) is 0.738. The highest BCUT2D eigenvalue weighted by Gasteiger charge is 1.96. The third kappa shape index (κ3) is 2.95. The van der Waals surface area contributed by atoms with E-state index in [1.54, 1.807) is 7.11 Å². The Morgan fingerprint density at radius 3 is 2.77 bits per heavy atom. The molecule has 0 radical (unpaired) electrons. The molecule has 0 amide bonds. The van der Waals surface area contributed by atoms with Crippen LogP contribution in [0.2, 0.25) is 0 Å². The van der Waals surface area contributed by atoms with Gasteiger partial charge in [-0.1, -0.05) is 0 Å². The summed E-state index contributed by atoms with van der Waals surface area (Å²) in [6.07, 6.45) is 0. The summed E-state index contributed by atoms with van der Waals surface area (Å²) >= 11 is 0. The van der Waals surface area contributed by atoms with Crippen molar-refractivity contribution in [2.75, 3.05) is 25.6 Å². The molecule has 0 spiro atoms. The Kier molecular flexibility index (Phi) is 3.58. The van der Waals surface area contributed by atoms with Crippen molar-refractivity contribution in [3.8, 4) is 5.75 Å². The monoisotopic (exact) mass is 181 g/mol. The molecular weight excluding hydrogens is 166 g/mol. The van der Waals surface area contributed by atoms with Gasteiger partial charge in [0.05, 0.1) is 13.7 Å².